The number of primary sulfonamides is 1. The Kier molecular flexibility index (Phi) is 4.49. The molecular formula is C16H19N3O3S. The van der Waals surface area contributed by atoms with Gasteiger partial charge in [-0.05, 0) is 37.5 Å². The van der Waals surface area contributed by atoms with E-state index in [1.165, 1.54) is 18.7 Å². The van der Waals surface area contributed by atoms with Gasteiger partial charge < -0.3 is 10.1 Å². The van der Waals surface area contributed by atoms with Gasteiger partial charge in [-0.1, -0.05) is 18.2 Å². The summed E-state index contributed by atoms with van der Waals surface area (Å²) in [6.45, 7) is 0.405. The molecular weight excluding hydrogens is 314 g/mol. The first kappa shape index (κ1) is 15.8. The minimum atomic E-state index is -3.82. The van der Waals surface area contributed by atoms with Crippen molar-refractivity contribution < 1.29 is 13.2 Å². The van der Waals surface area contributed by atoms with Crippen LogP contribution in [0.5, 0.6) is 5.75 Å². The maximum Gasteiger partial charge on any atom is 0.241 e. The van der Waals surface area contributed by atoms with Crippen molar-refractivity contribution in [3.05, 3.63) is 48.2 Å². The SMILES string of the molecule is NS(=O)(=O)c1cccnc1NCc1ccccc1OC1CCC1. The van der Waals surface area contributed by atoms with Crippen molar-refractivity contribution in [2.24, 2.45) is 5.14 Å². The Morgan fingerprint density at radius 2 is 2.00 bits per heavy atom. The van der Waals surface area contributed by atoms with E-state index in [-0.39, 0.29) is 16.8 Å². The zero-order valence-electron chi connectivity index (χ0n) is 12.6. The second kappa shape index (κ2) is 6.55. The van der Waals surface area contributed by atoms with Crippen molar-refractivity contribution in [2.75, 3.05) is 5.32 Å². The van der Waals surface area contributed by atoms with Gasteiger partial charge in [0.15, 0.2) is 0 Å². The molecule has 122 valence electrons. The van der Waals surface area contributed by atoms with Crippen LogP contribution in [0.25, 0.3) is 0 Å². The van der Waals surface area contributed by atoms with Crippen LogP contribution in [-0.4, -0.2) is 19.5 Å². The lowest BCUT2D eigenvalue weighted by molar-refractivity contribution is 0.119. The zero-order chi connectivity index (χ0) is 16.3. The van der Waals surface area contributed by atoms with Gasteiger partial charge in [-0.25, -0.2) is 18.5 Å². The van der Waals surface area contributed by atoms with Crippen LogP contribution in [0.15, 0.2) is 47.5 Å². The van der Waals surface area contributed by atoms with Gasteiger partial charge in [-0.3, -0.25) is 0 Å². The molecule has 6 nitrogen and oxygen atoms in total. The molecule has 1 heterocycles. The van der Waals surface area contributed by atoms with Gasteiger partial charge in [-0.2, -0.15) is 0 Å². The Hall–Kier alpha value is -2.12. The summed E-state index contributed by atoms with van der Waals surface area (Å²) in [5.41, 5.74) is 0.949. The summed E-state index contributed by atoms with van der Waals surface area (Å²) in [6.07, 6.45) is 5.17. The Morgan fingerprint density at radius 1 is 1.22 bits per heavy atom. The molecule has 1 fully saturated rings. The van der Waals surface area contributed by atoms with E-state index in [0.717, 1.165) is 24.2 Å². The second-order valence-corrected chi connectivity index (χ2v) is 7.06. The Morgan fingerprint density at radius 3 is 2.70 bits per heavy atom. The van der Waals surface area contributed by atoms with Crippen molar-refractivity contribution in [1.82, 2.24) is 4.98 Å². The fourth-order valence-electron chi connectivity index (χ4n) is 2.36. The number of hydrogen-bond acceptors (Lipinski definition) is 5. The molecule has 1 aromatic heterocycles. The molecule has 0 radical (unpaired) electrons. The predicted molar refractivity (Wildman–Crippen MR) is 87.6 cm³/mol. The number of nitrogens with two attached hydrogens (primary N) is 1. The van der Waals surface area contributed by atoms with Crippen LogP contribution in [0.4, 0.5) is 5.82 Å². The average Bonchev–Trinajstić information content (AvgIpc) is 2.49. The number of nitrogens with one attached hydrogen (secondary N) is 1. The number of benzene rings is 1. The van der Waals surface area contributed by atoms with E-state index in [1.807, 2.05) is 24.3 Å². The maximum absolute atomic E-state index is 11.6. The summed E-state index contributed by atoms with van der Waals surface area (Å²) in [5.74, 6) is 1.06. The summed E-state index contributed by atoms with van der Waals surface area (Å²) < 4.78 is 29.2. The molecule has 0 aliphatic heterocycles. The second-order valence-electron chi connectivity index (χ2n) is 5.53. The van der Waals surface area contributed by atoms with Crippen molar-refractivity contribution >= 4 is 15.8 Å². The van der Waals surface area contributed by atoms with Crippen molar-refractivity contribution in [2.45, 2.75) is 36.8 Å². The molecule has 3 N–H and O–H groups in total. The highest BCUT2D eigenvalue weighted by atomic mass is 32.2. The molecule has 1 aromatic carbocycles. The number of nitrogens with zero attached hydrogens (tertiary/aromatic N) is 1. The number of ether oxygens (including phenoxy) is 1. The van der Waals surface area contributed by atoms with E-state index in [1.54, 1.807) is 6.07 Å². The number of hydrogen-bond donors (Lipinski definition) is 2. The van der Waals surface area contributed by atoms with Crippen LogP contribution in [0, 0.1) is 0 Å². The standard InChI is InChI=1S/C16H19N3O3S/c17-23(20,21)15-9-4-10-18-16(15)19-11-12-5-1-2-8-14(12)22-13-6-3-7-13/h1-2,4-5,8-10,13H,3,6-7,11H2,(H,18,19)(H2,17,20,21). The van der Waals surface area contributed by atoms with E-state index in [9.17, 15) is 8.42 Å². The van der Waals surface area contributed by atoms with Gasteiger partial charge >= 0.3 is 0 Å². The normalized spacial score (nSPS) is 15.0. The third kappa shape index (κ3) is 3.80. The summed E-state index contributed by atoms with van der Waals surface area (Å²) in [5, 5.41) is 8.25. The molecule has 7 heteroatoms. The summed E-state index contributed by atoms with van der Waals surface area (Å²) in [7, 11) is -3.82. The largest absolute Gasteiger partial charge is 0.490 e. The lowest BCUT2D eigenvalue weighted by atomic mass is 9.96. The van der Waals surface area contributed by atoms with E-state index in [2.05, 4.69) is 10.3 Å². The number of anilines is 1. The lowest BCUT2D eigenvalue weighted by Gasteiger charge is -2.27. The van der Waals surface area contributed by atoms with Crippen molar-refractivity contribution in [3.8, 4) is 5.75 Å². The molecule has 1 saturated carbocycles. The number of aromatic nitrogens is 1. The highest BCUT2D eigenvalue weighted by molar-refractivity contribution is 7.89. The quantitative estimate of drug-likeness (QED) is 0.845. The third-order valence-electron chi connectivity index (χ3n) is 3.84. The van der Waals surface area contributed by atoms with E-state index >= 15 is 0 Å². The number of rotatable bonds is 6. The minimum Gasteiger partial charge on any atom is -0.490 e. The van der Waals surface area contributed by atoms with Gasteiger partial charge in [0.25, 0.3) is 0 Å². The summed E-state index contributed by atoms with van der Waals surface area (Å²) in [6, 6.07) is 10.7. The van der Waals surface area contributed by atoms with Crippen molar-refractivity contribution in [3.63, 3.8) is 0 Å². The first-order valence-corrected chi connectivity index (χ1v) is 9.05. The molecule has 0 bridgehead atoms. The fraction of sp³-hybridized carbons (Fsp3) is 0.312. The molecule has 0 atom stereocenters. The van der Waals surface area contributed by atoms with E-state index in [0.29, 0.717) is 6.54 Å². The molecule has 3 rings (SSSR count). The minimum absolute atomic E-state index is 0.0163. The Labute approximate surface area is 135 Å². The average molecular weight is 333 g/mol. The fourth-order valence-corrected chi connectivity index (χ4v) is 3.03. The number of para-hydroxylation sites is 1. The monoisotopic (exact) mass is 333 g/mol. The predicted octanol–water partition coefficient (Wildman–Crippen LogP) is 2.27. The molecule has 0 unspecified atom stereocenters. The van der Waals surface area contributed by atoms with Crippen molar-refractivity contribution in [1.29, 1.82) is 0 Å². The highest BCUT2D eigenvalue weighted by Gasteiger charge is 2.20. The molecule has 2 aromatic rings. The number of sulfonamides is 1. The molecule has 0 spiro atoms. The molecule has 23 heavy (non-hydrogen) atoms. The molecule has 1 aliphatic carbocycles. The third-order valence-corrected chi connectivity index (χ3v) is 4.78. The number of pyridine rings is 1. The van der Waals surface area contributed by atoms with E-state index in [4.69, 9.17) is 9.88 Å². The molecule has 0 saturated heterocycles. The van der Waals surface area contributed by atoms with Gasteiger partial charge in [0.2, 0.25) is 10.0 Å². The van der Waals surface area contributed by atoms with Crippen LogP contribution >= 0.6 is 0 Å². The zero-order valence-corrected chi connectivity index (χ0v) is 13.4. The summed E-state index contributed by atoms with van der Waals surface area (Å²) >= 11 is 0. The summed E-state index contributed by atoms with van der Waals surface area (Å²) in [4.78, 5) is 4.05. The van der Waals surface area contributed by atoms with Gasteiger partial charge in [-0.15, -0.1) is 0 Å². The van der Waals surface area contributed by atoms with Crippen LogP contribution in [0.3, 0.4) is 0 Å². The van der Waals surface area contributed by atoms with Crippen LogP contribution < -0.4 is 15.2 Å². The first-order chi connectivity index (χ1) is 11.0. The van der Waals surface area contributed by atoms with Crippen LogP contribution in [0.1, 0.15) is 24.8 Å². The van der Waals surface area contributed by atoms with Gasteiger partial charge in [0.05, 0.1) is 6.10 Å². The van der Waals surface area contributed by atoms with Gasteiger partial charge in [0, 0.05) is 18.3 Å². The van der Waals surface area contributed by atoms with Crippen LogP contribution in [-0.2, 0) is 16.6 Å². The Bertz CT molecular complexity index is 789. The Balaban J connectivity index is 1.76. The maximum atomic E-state index is 11.6. The van der Waals surface area contributed by atoms with Crippen LogP contribution in [0.2, 0.25) is 0 Å². The topological polar surface area (TPSA) is 94.3 Å². The van der Waals surface area contributed by atoms with E-state index < -0.39 is 10.0 Å². The van der Waals surface area contributed by atoms with Gasteiger partial charge in [0.1, 0.15) is 16.5 Å². The highest BCUT2D eigenvalue weighted by Crippen LogP contribution is 2.28. The molecule has 0 amide bonds. The lowest BCUT2D eigenvalue weighted by Crippen LogP contribution is -2.25. The smallest absolute Gasteiger partial charge is 0.241 e. The first-order valence-electron chi connectivity index (χ1n) is 7.50. The molecule has 1 aliphatic rings.